The van der Waals surface area contributed by atoms with Gasteiger partial charge < -0.3 is 5.32 Å². The number of rotatable bonds is 3. The van der Waals surface area contributed by atoms with Gasteiger partial charge in [0.1, 0.15) is 0 Å². The number of hydrogen-bond donors (Lipinski definition) is 1. The van der Waals surface area contributed by atoms with Crippen LogP contribution in [-0.2, 0) is 0 Å². The van der Waals surface area contributed by atoms with Crippen molar-refractivity contribution >= 4 is 17.3 Å². The van der Waals surface area contributed by atoms with Gasteiger partial charge in [0.25, 0.3) is 0 Å². The second-order valence-corrected chi connectivity index (χ2v) is 4.57. The molecule has 0 saturated carbocycles. The van der Waals surface area contributed by atoms with Gasteiger partial charge in [-0.15, -0.1) is 0 Å². The van der Waals surface area contributed by atoms with Crippen molar-refractivity contribution in [2.24, 2.45) is 5.92 Å². The smallest absolute Gasteiger partial charge is 0.0410 e. The van der Waals surface area contributed by atoms with E-state index in [0.29, 0.717) is 12.0 Å². The molecule has 1 aromatic carbocycles. The van der Waals surface area contributed by atoms with Crippen molar-refractivity contribution in [3.63, 3.8) is 0 Å². The lowest BCUT2D eigenvalue weighted by molar-refractivity contribution is 0.560. The summed E-state index contributed by atoms with van der Waals surface area (Å²) in [4.78, 5) is 0. The Labute approximate surface area is 91.5 Å². The van der Waals surface area contributed by atoms with Gasteiger partial charge in [-0.1, -0.05) is 25.4 Å². The number of benzene rings is 1. The van der Waals surface area contributed by atoms with Crippen molar-refractivity contribution in [3.05, 3.63) is 28.8 Å². The zero-order chi connectivity index (χ0) is 10.7. The zero-order valence-corrected chi connectivity index (χ0v) is 10.0. The minimum absolute atomic E-state index is 0.481. The van der Waals surface area contributed by atoms with E-state index in [2.05, 4.69) is 33.0 Å². The molecule has 0 aliphatic carbocycles. The summed E-state index contributed by atoms with van der Waals surface area (Å²) in [5, 5.41) is 4.27. The lowest BCUT2D eigenvalue weighted by Crippen LogP contribution is -2.21. The van der Waals surface area contributed by atoms with Crippen molar-refractivity contribution in [2.45, 2.75) is 33.7 Å². The highest BCUT2D eigenvalue weighted by molar-refractivity contribution is 6.30. The Bertz CT molecular complexity index is 307. The molecule has 0 amide bonds. The molecule has 14 heavy (non-hydrogen) atoms. The van der Waals surface area contributed by atoms with Gasteiger partial charge in [0.2, 0.25) is 0 Å². The molecule has 0 aliphatic rings. The molecule has 1 aromatic rings. The predicted molar refractivity (Wildman–Crippen MR) is 64.1 cm³/mol. The molecule has 78 valence electrons. The van der Waals surface area contributed by atoms with E-state index in [-0.39, 0.29) is 0 Å². The Kier molecular flexibility index (Phi) is 3.82. The molecule has 1 nitrogen and oxygen atoms in total. The fourth-order valence-electron chi connectivity index (χ4n) is 1.20. The molecular weight excluding hydrogens is 194 g/mol. The number of aryl methyl sites for hydroxylation is 1. The van der Waals surface area contributed by atoms with Crippen LogP contribution in [0.4, 0.5) is 5.69 Å². The molecule has 0 radical (unpaired) electrons. The maximum absolute atomic E-state index is 5.89. The van der Waals surface area contributed by atoms with Crippen molar-refractivity contribution in [3.8, 4) is 0 Å². The molecule has 0 heterocycles. The van der Waals surface area contributed by atoms with E-state index >= 15 is 0 Å². The average Bonchev–Trinajstić information content (AvgIpc) is 2.09. The largest absolute Gasteiger partial charge is 0.382 e. The Morgan fingerprint density at radius 3 is 2.36 bits per heavy atom. The van der Waals surface area contributed by atoms with Crippen LogP contribution in [0.1, 0.15) is 26.3 Å². The number of anilines is 1. The van der Waals surface area contributed by atoms with Crippen LogP contribution < -0.4 is 5.32 Å². The molecule has 1 N–H and O–H groups in total. The predicted octanol–water partition coefficient (Wildman–Crippen LogP) is 4.10. The molecule has 0 aliphatic heterocycles. The summed E-state index contributed by atoms with van der Waals surface area (Å²) in [5.41, 5.74) is 2.38. The van der Waals surface area contributed by atoms with Gasteiger partial charge in [-0.3, -0.25) is 0 Å². The first kappa shape index (κ1) is 11.4. The van der Waals surface area contributed by atoms with Gasteiger partial charge in [-0.2, -0.15) is 0 Å². The molecule has 1 rings (SSSR count). The standard InChI is InChI=1S/C12H18ClN/c1-8(2)10(4)14-12-6-5-11(13)7-9(12)3/h5-8,10,14H,1-4H3. The second kappa shape index (κ2) is 4.70. The third-order valence-corrected chi connectivity index (χ3v) is 2.81. The van der Waals surface area contributed by atoms with Crippen molar-refractivity contribution in [1.82, 2.24) is 0 Å². The van der Waals surface area contributed by atoms with Crippen LogP contribution in [0.3, 0.4) is 0 Å². The second-order valence-electron chi connectivity index (χ2n) is 4.14. The number of nitrogens with one attached hydrogen (secondary N) is 1. The summed E-state index contributed by atoms with van der Waals surface area (Å²) < 4.78 is 0. The summed E-state index contributed by atoms with van der Waals surface area (Å²) in [6, 6.07) is 6.42. The van der Waals surface area contributed by atoms with Gasteiger partial charge in [0.05, 0.1) is 0 Å². The monoisotopic (exact) mass is 211 g/mol. The van der Waals surface area contributed by atoms with E-state index in [1.54, 1.807) is 0 Å². The van der Waals surface area contributed by atoms with Crippen LogP contribution in [0.25, 0.3) is 0 Å². The quantitative estimate of drug-likeness (QED) is 0.794. The lowest BCUT2D eigenvalue weighted by atomic mass is 10.1. The van der Waals surface area contributed by atoms with E-state index in [9.17, 15) is 0 Å². The fourth-order valence-corrected chi connectivity index (χ4v) is 1.43. The SMILES string of the molecule is Cc1cc(Cl)ccc1NC(C)C(C)C. The van der Waals surface area contributed by atoms with Crippen LogP contribution in [-0.4, -0.2) is 6.04 Å². The third kappa shape index (κ3) is 2.91. The summed E-state index contributed by atoms with van der Waals surface area (Å²) in [6.07, 6.45) is 0. The maximum atomic E-state index is 5.89. The fraction of sp³-hybridized carbons (Fsp3) is 0.500. The first-order chi connectivity index (χ1) is 6.50. The van der Waals surface area contributed by atoms with Gasteiger partial charge in [0.15, 0.2) is 0 Å². The molecule has 2 heteroatoms. The third-order valence-electron chi connectivity index (χ3n) is 2.57. The first-order valence-electron chi connectivity index (χ1n) is 5.03. The maximum Gasteiger partial charge on any atom is 0.0410 e. The zero-order valence-electron chi connectivity index (χ0n) is 9.26. The van der Waals surface area contributed by atoms with Crippen LogP contribution in [0, 0.1) is 12.8 Å². The summed E-state index contributed by atoms with van der Waals surface area (Å²) in [5.74, 6) is 0.630. The number of hydrogen-bond acceptors (Lipinski definition) is 1. The van der Waals surface area contributed by atoms with Crippen molar-refractivity contribution in [1.29, 1.82) is 0 Å². The highest BCUT2D eigenvalue weighted by atomic mass is 35.5. The Balaban J connectivity index is 2.77. The summed E-state index contributed by atoms with van der Waals surface area (Å²) in [7, 11) is 0. The molecule has 1 unspecified atom stereocenters. The van der Waals surface area contributed by atoms with Gasteiger partial charge >= 0.3 is 0 Å². The van der Waals surface area contributed by atoms with Gasteiger partial charge in [-0.25, -0.2) is 0 Å². The molecule has 1 atom stereocenters. The molecule has 0 spiro atoms. The lowest BCUT2D eigenvalue weighted by Gasteiger charge is -2.20. The van der Waals surface area contributed by atoms with E-state index in [0.717, 1.165) is 5.02 Å². The summed E-state index contributed by atoms with van der Waals surface area (Å²) in [6.45, 7) is 8.69. The molecule has 0 bridgehead atoms. The first-order valence-corrected chi connectivity index (χ1v) is 5.41. The van der Waals surface area contributed by atoms with Crippen LogP contribution in [0.2, 0.25) is 5.02 Å². The van der Waals surface area contributed by atoms with Gasteiger partial charge in [0, 0.05) is 16.8 Å². The van der Waals surface area contributed by atoms with E-state index in [4.69, 9.17) is 11.6 Å². The molecular formula is C12H18ClN. The minimum Gasteiger partial charge on any atom is -0.382 e. The Hall–Kier alpha value is -0.690. The summed E-state index contributed by atoms with van der Waals surface area (Å²) >= 11 is 5.89. The van der Waals surface area contributed by atoms with Gasteiger partial charge in [-0.05, 0) is 43.5 Å². The van der Waals surface area contributed by atoms with Crippen LogP contribution >= 0.6 is 11.6 Å². The molecule has 0 fully saturated rings. The normalized spacial score (nSPS) is 13.0. The Morgan fingerprint density at radius 2 is 1.86 bits per heavy atom. The van der Waals surface area contributed by atoms with E-state index in [1.807, 2.05) is 18.2 Å². The van der Waals surface area contributed by atoms with Crippen molar-refractivity contribution < 1.29 is 0 Å². The van der Waals surface area contributed by atoms with E-state index in [1.165, 1.54) is 11.3 Å². The molecule has 0 saturated heterocycles. The number of halogens is 1. The Morgan fingerprint density at radius 1 is 1.21 bits per heavy atom. The van der Waals surface area contributed by atoms with Crippen LogP contribution in [0.5, 0.6) is 0 Å². The minimum atomic E-state index is 0.481. The molecule has 0 aromatic heterocycles. The topological polar surface area (TPSA) is 12.0 Å². The van der Waals surface area contributed by atoms with Crippen molar-refractivity contribution in [2.75, 3.05) is 5.32 Å². The highest BCUT2D eigenvalue weighted by Gasteiger charge is 2.07. The van der Waals surface area contributed by atoms with E-state index < -0.39 is 0 Å². The average molecular weight is 212 g/mol. The van der Waals surface area contributed by atoms with Crippen LogP contribution in [0.15, 0.2) is 18.2 Å². The highest BCUT2D eigenvalue weighted by Crippen LogP contribution is 2.21.